The number of nitrogens with one attached hydrogen (secondary N) is 1. The highest BCUT2D eigenvalue weighted by Gasteiger charge is 1.97. The summed E-state index contributed by atoms with van der Waals surface area (Å²) >= 11 is 0. The zero-order valence-corrected chi connectivity index (χ0v) is 5.95. The van der Waals surface area contributed by atoms with E-state index in [1.807, 2.05) is 12.1 Å². The molecule has 0 bridgehead atoms. The monoisotopic (exact) mass is 148 g/mol. The van der Waals surface area contributed by atoms with Gasteiger partial charge in [-0.1, -0.05) is 0 Å². The summed E-state index contributed by atoms with van der Waals surface area (Å²) in [5.41, 5.74) is 1.07. The molecule has 0 aliphatic carbocycles. The first-order chi connectivity index (χ1) is 5.45. The number of aromatic nitrogens is 2. The standard InChI is InChI=1S/C8H8N2O/c1-2-8(11-3-1)4-7-5-9-6-10-7/h1-3,5-6H,4H2,(H,9,10). The molecule has 0 saturated carbocycles. The molecule has 0 aliphatic heterocycles. The van der Waals surface area contributed by atoms with Gasteiger partial charge in [0.15, 0.2) is 0 Å². The van der Waals surface area contributed by atoms with Crippen LogP contribution in [0.15, 0.2) is 35.3 Å². The van der Waals surface area contributed by atoms with Crippen molar-refractivity contribution in [2.24, 2.45) is 0 Å². The third-order valence-electron chi connectivity index (χ3n) is 1.50. The first-order valence-electron chi connectivity index (χ1n) is 3.45. The number of furan rings is 1. The minimum Gasteiger partial charge on any atom is -0.469 e. The van der Waals surface area contributed by atoms with Crippen LogP contribution in [-0.4, -0.2) is 9.97 Å². The van der Waals surface area contributed by atoms with Crippen LogP contribution in [0.2, 0.25) is 0 Å². The van der Waals surface area contributed by atoms with Crippen LogP contribution in [0.1, 0.15) is 11.5 Å². The molecule has 56 valence electrons. The van der Waals surface area contributed by atoms with Crippen molar-refractivity contribution in [2.75, 3.05) is 0 Å². The summed E-state index contributed by atoms with van der Waals surface area (Å²) in [6.45, 7) is 0. The predicted octanol–water partition coefficient (Wildman–Crippen LogP) is 1.59. The SMILES string of the molecule is c1coc(Cc2cnc[nH]2)c1. The normalized spacial score (nSPS) is 10.2. The van der Waals surface area contributed by atoms with Crippen molar-refractivity contribution in [1.29, 1.82) is 0 Å². The minimum absolute atomic E-state index is 0.785. The average Bonchev–Trinajstić information content (AvgIpc) is 2.60. The number of imidazole rings is 1. The molecule has 0 amide bonds. The number of hydrogen-bond donors (Lipinski definition) is 1. The molecule has 0 aromatic carbocycles. The second kappa shape index (κ2) is 2.62. The van der Waals surface area contributed by atoms with E-state index in [4.69, 9.17) is 4.42 Å². The van der Waals surface area contributed by atoms with Crippen LogP contribution in [0.3, 0.4) is 0 Å². The number of H-pyrrole nitrogens is 1. The summed E-state index contributed by atoms with van der Waals surface area (Å²) in [6.07, 6.45) is 5.92. The van der Waals surface area contributed by atoms with E-state index in [-0.39, 0.29) is 0 Å². The zero-order valence-electron chi connectivity index (χ0n) is 5.95. The molecule has 1 N–H and O–H groups in total. The highest BCUT2D eigenvalue weighted by Crippen LogP contribution is 2.05. The third kappa shape index (κ3) is 1.32. The molecular weight excluding hydrogens is 140 g/mol. The number of aromatic amines is 1. The Kier molecular flexibility index (Phi) is 1.48. The quantitative estimate of drug-likeness (QED) is 0.702. The summed E-state index contributed by atoms with van der Waals surface area (Å²) < 4.78 is 5.16. The number of hydrogen-bond acceptors (Lipinski definition) is 2. The Labute approximate surface area is 64.1 Å². The Morgan fingerprint density at radius 1 is 1.55 bits per heavy atom. The van der Waals surface area contributed by atoms with Crippen LogP contribution in [0.25, 0.3) is 0 Å². The fraction of sp³-hybridized carbons (Fsp3) is 0.125. The molecule has 0 radical (unpaired) electrons. The van der Waals surface area contributed by atoms with Crippen molar-refractivity contribution in [3.05, 3.63) is 42.4 Å². The highest BCUT2D eigenvalue weighted by molar-refractivity contribution is 5.08. The van der Waals surface area contributed by atoms with Crippen LogP contribution in [0.4, 0.5) is 0 Å². The molecule has 3 nitrogen and oxygen atoms in total. The fourth-order valence-corrected chi connectivity index (χ4v) is 0.982. The maximum Gasteiger partial charge on any atom is 0.109 e. The van der Waals surface area contributed by atoms with Crippen LogP contribution < -0.4 is 0 Å². The Bertz CT molecular complexity index is 264. The van der Waals surface area contributed by atoms with E-state index in [0.717, 1.165) is 17.9 Å². The first kappa shape index (κ1) is 6.22. The second-order valence-electron chi connectivity index (χ2n) is 2.33. The zero-order chi connectivity index (χ0) is 7.52. The van der Waals surface area contributed by atoms with Crippen LogP contribution in [-0.2, 0) is 6.42 Å². The minimum atomic E-state index is 0.785. The summed E-state index contributed by atoms with van der Waals surface area (Å²) in [6, 6.07) is 3.83. The summed E-state index contributed by atoms with van der Waals surface area (Å²) in [4.78, 5) is 6.91. The number of nitrogens with zero attached hydrogens (tertiary/aromatic N) is 1. The van der Waals surface area contributed by atoms with Gasteiger partial charge in [-0.15, -0.1) is 0 Å². The van der Waals surface area contributed by atoms with E-state index in [9.17, 15) is 0 Å². The first-order valence-corrected chi connectivity index (χ1v) is 3.45. The van der Waals surface area contributed by atoms with E-state index in [1.54, 1.807) is 18.8 Å². The molecule has 3 heteroatoms. The largest absolute Gasteiger partial charge is 0.469 e. The van der Waals surface area contributed by atoms with Gasteiger partial charge in [-0.2, -0.15) is 0 Å². The maximum atomic E-state index is 5.16. The van der Waals surface area contributed by atoms with Gasteiger partial charge in [-0.05, 0) is 12.1 Å². The van der Waals surface area contributed by atoms with Crippen molar-refractivity contribution in [3.63, 3.8) is 0 Å². The van der Waals surface area contributed by atoms with Gasteiger partial charge in [0, 0.05) is 18.3 Å². The van der Waals surface area contributed by atoms with E-state index in [2.05, 4.69) is 9.97 Å². The molecule has 0 unspecified atom stereocenters. The predicted molar refractivity (Wildman–Crippen MR) is 40.1 cm³/mol. The maximum absolute atomic E-state index is 5.16. The molecule has 0 atom stereocenters. The van der Waals surface area contributed by atoms with Gasteiger partial charge < -0.3 is 9.40 Å². The molecular formula is C8H8N2O. The Morgan fingerprint density at radius 2 is 2.55 bits per heavy atom. The van der Waals surface area contributed by atoms with Crippen molar-refractivity contribution in [2.45, 2.75) is 6.42 Å². The lowest BCUT2D eigenvalue weighted by Crippen LogP contribution is -1.83. The van der Waals surface area contributed by atoms with Crippen molar-refractivity contribution in [1.82, 2.24) is 9.97 Å². The van der Waals surface area contributed by atoms with E-state index < -0.39 is 0 Å². The van der Waals surface area contributed by atoms with Crippen molar-refractivity contribution in [3.8, 4) is 0 Å². The van der Waals surface area contributed by atoms with Crippen LogP contribution in [0, 0.1) is 0 Å². The van der Waals surface area contributed by atoms with Gasteiger partial charge >= 0.3 is 0 Å². The van der Waals surface area contributed by atoms with Gasteiger partial charge in [-0.25, -0.2) is 4.98 Å². The third-order valence-corrected chi connectivity index (χ3v) is 1.50. The van der Waals surface area contributed by atoms with Crippen LogP contribution >= 0.6 is 0 Å². The van der Waals surface area contributed by atoms with E-state index in [1.165, 1.54) is 0 Å². The second-order valence-corrected chi connectivity index (χ2v) is 2.33. The Hall–Kier alpha value is -1.51. The summed E-state index contributed by atoms with van der Waals surface area (Å²) in [5.74, 6) is 0.953. The molecule has 0 aliphatic rings. The van der Waals surface area contributed by atoms with Gasteiger partial charge in [0.1, 0.15) is 5.76 Å². The van der Waals surface area contributed by atoms with Gasteiger partial charge in [0.25, 0.3) is 0 Å². The van der Waals surface area contributed by atoms with Crippen LogP contribution in [0.5, 0.6) is 0 Å². The summed E-state index contributed by atoms with van der Waals surface area (Å²) in [5, 5.41) is 0. The number of rotatable bonds is 2. The molecule has 0 fully saturated rings. The van der Waals surface area contributed by atoms with Crippen molar-refractivity contribution < 1.29 is 4.42 Å². The summed E-state index contributed by atoms with van der Waals surface area (Å²) in [7, 11) is 0. The lowest BCUT2D eigenvalue weighted by atomic mass is 10.3. The van der Waals surface area contributed by atoms with Gasteiger partial charge in [0.05, 0.1) is 12.6 Å². The molecule has 2 aromatic rings. The molecule has 2 aromatic heterocycles. The van der Waals surface area contributed by atoms with Gasteiger partial charge in [-0.3, -0.25) is 0 Å². The highest BCUT2D eigenvalue weighted by atomic mass is 16.3. The van der Waals surface area contributed by atoms with Crippen molar-refractivity contribution >= 4 is 0 Å². The van der Waals surface area contributed by atoms with Gasteiger partial charge in [0.2, 0.25) is 0 Å². The van der Waals surface area contributed by atoms with E-state index >= 15 is 0 Å². The molecule has 2 rings (SSSR count). The topological polar surface area (TPSA) is 41.8 Å². The lowest BCUT2D eigenvalue weighted by molar-refractivity contribution is 0.519. The molecule has 11 heavy (non-hydrogen) atoms. The lowest BCUT2D eigenvalue weighted by Gasteiger charge is -1.89. The molecule has 0 saturated heterocycles. The molecule has 2 heterocycles. The Balaban J connectivity index is 2.14. The average molecular weight is 148 g/mol. The molecule has 0 spiro atoms. The smallest absolute Gasteiger partial charge is 0.109 e. The Morgan fingerprint density at radius 3 is 3.18 bits per heavy atom. The van der Waals surface area contributed by atoms with E-state index in [0.29, 0.717) is 0 Å². The fourth-order valence-electron chi connectivity index (χ4n) is 0.982.